The Morgan fingerprint density at radius 3 is 1.85 bits per heavy atom. The van der Waals surface area contributed by atoms with Crippen LogP contribution >= 0.6 is 0 Å². The van der Waals surface area contributed by atoms with Gasteiger partial charge < -0.3 is 28.9 Å². The first-order valence-electron chi connectivity index (χ1n) is 9.66. The van der Waals surface area contributed by atoms with Gasteiger partial charge in [-0.1, -0.05) is 0 Å². The van der Waals surface area contributed by atoms with Crippen molar-refractivity contribution in [1.82, 2.24) is 14.7 Å². The zero-order chi connectivity index (χ0) is 19.8. The van der Waals surface area contributed by atoms with Crippen LogP contribution in [0.2, 0.25) is 0 Å². The first-order valence-corrected chi connectivity index (χ1v) is 9.66. The summed E-state index contributed by atoms with van der Waals surface area (Å²) in [4.78, 5) is 18.2. The normalized spacial score (nSPS) is 11.7. The van der Waals surface area contributed by atoms with Gasteiger partial charge in [0, 0.05) is 26.2 Å². The standard InChI is InChI=1S/C19H41N3O4/c1-18(2)21(5)9-7-10-22(6)19(23)8-12-24-14-16-26-17-15-25-13-11-20(3)4/h18H,7-17H2,1-6H3. The maximum Gasteiger partial charge on any atom is 0.224 e. The fourth-order valence-electron chi connectivity index (χ4n) is 2.08. The monoisotopic (exact) mass is 375 g/mol. The summed E-state index contributed by atoms with van der Waals surface area (Å²) >= 11 is 0. The van der Waals surface area contributed by atoms with Crippen molar-refractivity contribution in [2.45, 2.75) is 32.7 Å². The van der Waals surface area contributed by atoms with Crippen LogP contribution in [0.4, 0.5) is 0 Å². The molecule has 0 heterocycles. The third kappa shape index (κ3) is 15.5. The topological polar surface area (TPSA) is 54.5 Å². The second-order valence-electron chi connectivity index (χ2n) is 7.13. The highest BCUT2D eigenvalue weighted by molar-refractivity contribution is 5.75. The Hall–Kier alpha value is -0.730. The van der Waals surface area contributed by atoms with Crippen molar-refractivity contribution in [1.29, 1.82) is 0 Å². The number of rotatable bonds is 17. The van der Waals surface area contributed by atoms with Crippen LogP contribution < -0.4 is 0 Å². The molecule has 0 radical (unpaired) electrons. The predicted octanol–water partition coefficient (Wildman–Crippen LogP) is 1.18. The van der Waals surface area contributed by atoms with Crippen LogP contribution in [0.3, 0.4) is 0 Å². The Bertz CT molecular complexity index is 341. The van der Waals surface area contributed by atoms with Crippen molar-refractivity contribution in [2.24, 2.45) is 0 Å². The van der Waals surface area contributed by atoms with Gasteiger partial charge in [0.15, 0.2) is 0 Å². The quantitative estimate of drug-likeness (QED) is 0.356. The number of hydrogen-bond donors (Lipinski definition) is 0. The summed E-state index contributed by atoms with van der Waals surface area (Å²) in [6, 6.07) is 0.538. The van der Waals surface area contributed by atoms with E-state index in [0.29, 0.717) is 45.5 Å². The summed E-state index contributed by atoms with van der Waals surface area (Å²) in [6.45, 7) is 10.4. The largest absolute Gasteiger partial charge is 0.379 e. The number of amides is 1. The minimum atomic E-state index is 0.132. The minimum Gasteiger partial charge on any atom is -0.379 e. The van der Waals surface area contributed by atoms with E-state index in [1.54, 1.807) is 4.90 Å². The zero-order valence-corrected chi connectivity index (χ0v) is 17.8. The average molecular weight is 376 g/mol. The third-order valence-electron chi connectivity index (χ3n) is 4.20. The number of carbonyl (C=O) groups is 1. The lowest BCUT2D eigenvalue weighted by molar-refractivity contribution is -0.131. The van der Waals surface area contributed by atoms with Gasteiger partial charge in [0.1, 0.15) is 0 Å². The van der Waals surface area contributed by atoms with Crippen molar-refractivity contribution in [3.8, 4) is 0 Å². The van der Waals surface area contributed by atoms with Gasteiger partial charge in [0.05, 0.1) is 46.1 Å². The molecule has 156 valence electrons. The first kappa shape index (κ1) is 25.3. The molecule has 0 N–H and O–H groups in total. The second-order valence-corrected chi connectivity index (χ2v) is 7.13. The van der Waals surface area contributed by atoms with Crippen molar-refractivity contribution in [3.05, 3.63) is 0 Å². The number of likely N-dealkylation sites (N-methyl/N-ethyl adjacent to an activating group) is 1. The lowest BCUT2D eigenvalue weighted by Crippen LogP contribution is -2.33. The van der Waals surface area contributed by atoms with Crippen LogP contribution in [0.15, 0.2) is 0 Å². The van der Waals surface area contributed by atoms with Gasteiger partial charge in [-0.3, -0.25) is 4.79 Å². The molecule has 7 heteroatoms. The summed E-state index contributed by atoms with van der Waals surface area (Å²) in [5.74, 6) is 0.132. The number of ether oxygens (including phenoxy) is 3. The summed E-state index contributed by atoms with van der Waals surface area (Å²) < 4.78 is 16.3. The molecule has 0 spiro atoms. The van der Waals surface area contributed by atoms with E-state index >= 15 is 0 Å². The lowest BCUT2D eigenvalue weighted by atomic mass is 10.3. The highest BCUT2D eigenvalue weighted by Crippen LogP contribution is 1.98. The van der Waals surface area contributed by atoms with Crippen molar-refractivity contribution in [3.63, 3.8) is 0 Å². The van der Waals surface area contributed by atoms with Crippen LogP contribution in [-0.2, 0) is 19.0 Å². The van der Waals surface area contributed by atoms with Crippen LogP contribution in [0, 0.1) is 0 Å². The molecule has 0 aromatic carbocycles. The fourth-order valence-corrected chi connectivity index (χ4v) is 2.08. The molecule has 0 saturated heterocycles. The summed E-state index contributed by atoms with van der Waals surface area (Å²) in [5.41, 5.74) is 0. The molecule has 0 aliphatic rings. The molecule has 0 fully saturated rings. The van der Waals surface area contributed by atoms with Crippen LogP contribution in [0.5, 0.6) is 0 Å². The zero-order valence-electron chi connectivity index (χ0n) is 17.8. The molecular formula is C19H41N3O4. The molecule has 26 heavy (non-hydrogen) atoms. The van der Waals surface area contributed by atoms with Gasteiger partial charge in [-0.25, -0.2) is 0 Å². The molecule has 0 aromatic heterocycles. The van der Waals surface area contributed by atoms with Crippen molar-refractivity contribution >= 4 is 5.91 Å². The van der Waals surface area contributed by atoms with Gasteiger partial charge >= 0.3 is 0 Å². The molecule has 0 atom stereocenters. The molecule has 1 amide bonds. The fraction of sp³-hybridized carbons (Fsp3) is 0.947. The Morgan fingerprint density at radius 1 is 0.769 bits per heavy atom. The highest BCUT2D eigenvalue weighted by atomic mass is 16.5. The number of hydrogen-bond acceptors (Lipinski definition) is 6. The van der Waals surface area contributed by atoms with Crippen LogP contribution in [0.25, 0.3) is 0 Å². The van der Waals surface area contributed by atoms with Gasteiger partial charge in [-0.05, 0) is 48.0 Å². The number of nitrogens with zero attached hydrogens (tertiary/aromatic N) is 3. The summed E-state index contributed by atoms with van der Waals surface area (Å²) in [7, 11) is 8.01. The van der Waals surface area contributed by atoms with E-state index < -0.39 is 0 Å². The Kier molecular flexibility index (Phi) is 16.0. The molecule has 0 rings (SSSR count). The number of carbonyl (C=O) groups excluding carboxylic acids is 1. The Labute approximate surface area is 160 Å². The Morgan fingerprint density at radius 2 is 1.31 bits per heavy atom. The molecule has 0 bridgehead atoms. The van der Waals surface area contributed by atoms with Crippen molar-refractivity contribution in [2.75, 3.05) is 87.5 Å². The van der Waals surface area contributed by atoms with E-state index in [1.165, 1.54) is 0 Å². The van der Waals surface area contributed by atoms with E-state index in [4.69, 9.17) is 14.2 Å². The minimum absolute atomic E-state index is 0.132. The molecular weight excluding hydrogens is 334 g/mol. The maximum atomic E-state index is 12.0. The average Bonchev–Trinajstić information content (AvgIpc) is 2.58. The molecule has 0 saturated carbocycles. The van der Waals surface area contributed by atoms with E-state index in [9.17, 15) is 4.79 Å². The smallest absolute Gasteiger partial charge is 0.224 e. The van der Waals surface area contributed by atoms with Gasteiger partial charge in [0.2, 0.25) is 5.91 Å². The van der Waals surface area contributed by atoms with E-state index in [1.807, 2.05) is 21.1 Å². The summed E-state index contributed by atoms with van der Waals surface area (Å²) in [6.07, 6.45) is 1.41. The molecule has 7 nitrogen and oxygen atoms in total. The second kappa shape index (κ2) is 16.4. The SMILES string of the molecule is CC(C)N(C)CCCN(C)C(=O)CCOCCOCCOCCN(C)C. The Balaban J connectivity index is 3.42. The van der Waals surface area contributed by atoms with Gasteiger partial charge in [0.25, 0.3) is 0 Å². The maximum absolute atomic E-state index is 12.0. The van der Waals surface area contributed by atoms with Crippen LogP contribution in [0.1, 0.15) is 26.7 Å². The molecule has 0 aliphatic carbocycles. The molecule has 0 unspecified atom stereocenters. The third-order valence-corrected chi connectivity index (χ3v) is 4.20. The van der Waals surface area contributed by atoms with E-state index in [-0.39, 0.29) is 5.91 Å². The first-order chi connectivity index (χ1) is 12.3. The van der Waals surface area contributed by atoms with Crippen molar-refractivity contribution < 1.29 is 19.0 Å². The highest BCUT2D eigenvalue weighted by Gasteiger charge is 2.09. The predicted molar refractivity (Wildman–Crippen MR) is 106 cm³/mol. The molecule has 0 aromatic rings. The van der Waals surface area contributed by atoms with Crippen LogP contribution in [-0.4, -0.2) is 114 Å². The van der Waals surface area contributed by atoms with Gasteiger partial charge in [-0.2, -0.15) is 0 Å². The van der Waals surface area contributed by atoms with E-state index in [0.717, 1.165) is 32.7 Å². The van der Waals surface area contributed by atoms with E-state index in [2.05, 4.69) is 30.7 Å². The summed E-state index contributed by atoms with van der Waals surface area (Å²) in [5, 5.41) is 0. The lowest BCUT2D eigenvalue weighted by Gasteiger charge is -2.23. The van der Waals surface area contributed by atoms with Gasteiger partial charge in [-0.15, -0.1) is 0 Å². The molecule has 0 aliphatic heterocycles.